The Bertz CT molecular complexity index is 374. The average Bonchev–Trinajstić information content (AvgIpc) is 2.30. The summed E-state index contributed by atoms with van der Waals surface area (Å²) in [5, 5.41) is 8.99. The first kappa shape index (κ1) is 9.94. The van der Waals surface area contributed by atoms with E-state index in [9.17, 15) is 0 Å². The van der Waals surface area contributed by atoms with Gasteiger partial charge in [-0.1, -0.05) is 0 Å². The predicted octanol–water partition coefficient (Wildman–Crippen LogP) is 0.705. The van der Waals surface area contributed by atoms with Crippen molar-refractivity contribution in [2.75, 3.05) is 38.1 Å². The Hall–Kier alpha value is -1.60. The van der Waals surface area contributed by atoms with Crippen LogP contribution >= 0.6 is 0 Å². The first-order valence-electron chi connectivity index (χ1n) is 5.09. The van der Waals surface area contributed by atoms with Gasteiger partial charge in [-0.15, -0.1) is 0 Å². The van der Waals surface area contributed by atoms with Gasteiger partial charge < -0.3 is 9.80 Å². The quantitative estimate of drug-likeness (QED) is 0.672. The standard InChI is InChI=1S/C11H14N4/c1-14-4-6-15(7-5-14)11-9-13-3-2-10(11)8-12/h2-3,9H,4-7H2,1H3. The van der Waals surface area contributed by atoms with Gasteiger partial charge in [-0.2, -0.15) is 5.26 Å². The summed E-state index contributed by atoms with van der Waals surface area (Å²) < 4.78 is 0. The molecule has 0 aliphatic carbocycles. The molecule has 1 aliphatic heterocycles. The Kier molecular flexibility index (Phi) is 2.84. The average molecular weight is 202 g/mol. The molecule has 2 heterocycles. The maximum atomic E-state index is 8.99. The summed E-state index contributed by atoms with van der Waals surface area (Å²) in [5.41, 5.74) is 1.68. The van der Waals surface area contributed by atoms with Gasteiger partial charge in [0.25, 0.3) is 0 Å². The summed E-state index contributed by atoms with van der Waals surface area (Å²) in [5.74, 6) is 0. The van der Waals surface area contributed by atoms with Crippen LogP contribution < -0.4 is 4.90 Å². The van der Waals surface area contributed by atoms with Crippen LogP contribution in [0, 0.1) is 11.3 Å². The first-order chi connectivity index (χ1) is 7.31. The highest BCUT2D eigenvalue weighted by atomic mass is 15.2. The van der Waals surface area contributed by atoms with Crippen LogP contribution in [0.2, 0.25) is 0 Å². The molecule has 0 unspecified atom stereocenters. The minimum Gasteiger partial charge on any atom is -0.367 e. The van der Waals surface area contributed by atoms with Crippen molar-refractivity contribution in [1.82, 2.24) is 9.88 Å². The molecule has 4 heteroatoms. The van der Waals surface area contributed by atoms with Gasteiger partial charge in [0.05, 0.1) is 17.4 Å². The van der Waals surface area contributed by atoms with E-state index in [4.69, 9.17) is 5.26 Å². The van der Waals surface area contributed by atoms with Gasteiger partial charge in [0.1, 0.15) is 6.07 Å². The van der Waals surface area contributed by atoms with Crippen LogP contribution in [-0.2, 0) is 0 Å². The van der Waals surface area contributed by atoms with Crippen molar-refractivity contribution in [3.05, 3.63) is 24.0 Å². The summed E-state index contributed by atoms with van der Waals surface area (Å²) in [4.78, 5) is 8.60. The molecule has 1 aliphatic rings. The highest BCUT2D eigenvalue weighted by Gasteiger charge is 2.16. The number of anilines is 1. The number of piperazine rings is 1. The van der Waals surface area contributed by atoms with Gasteiger partial charge in [0.15, 0.2) is 0 Å². The molecule has 0 spiro atoms. The normalized spacial score (nSPS) is 17.5. The summed E-state index contributed by atoms with van der Waals surface area (Å²) in [6, 6.07) is 3.98. The van der Waals surface area contributed by atoms with E-state index >= 15 is 0 Å². The third-order valence-electron chi connectivity index (χ3n) is 2.76. The summed E-state index contributed by atoms with van der Waals surface area (Å²) >= 11 is 0. The van der Waals surface area contributed by atoms with Crippen LogP contribution in [0.1, 0.15) is 5.56 Å². The highest BCUT2D eigenvalue weighted by Crippen LogP contribution is 2.19. The highest BCUT2D eigenvalue weighted by molar-refractivity contribution is 5.57. The molecule has 0 aromatic carbocycles. The number of hydrogen-bond donors (Lipinski definition) is 0. The first-order valence-corrected chi connectivity index (χ1v) is 5.09. The van der Waals surface area contributed by atoms with Crippen LogP contribution in [0.3, 0.4) is 0 Å². The molecule has 1 aromatic rings. The molecule has 0 N–H and O–H groups in total. The Morgan fingerprint density at radius 3 is 2.73 bits per heavy atom. The lowest BCUT2D eigenvalue weighted by atomic mass is 10.2. The van der Waals surface area contributed by atoms with Crippen molar-refractivity contribution in [1.29, 1.82) is 5.26 Å². The molecule has 0 atom stereocenters. The van der Waals surface area contributed by atoms with Crippen molar-refractivity contribution in [3.63, 3.8) is 0 Å². The van der Waals surface area contributed by atoms with E-state index in [1.807, 2.05) is 0 Å². The van der Waals surface area contributed by atoms with Gasteiger partial charge >= 0.3 is 0 Å². The number of rotatable bonds is 1. The molecular weight excluding hydrogens is 188 g/mol. The second-order valence-corrected chi connectivity index (χ2v) is 3.79. The number of hydrogen-bond acceptors (Lipinski definition) is 4. The lowest BCUT2D eigenvalue weighted by Gasteiger charge is -2.34. The molecule has 0 radical (unpaired) electrons. The van der Waals surface area contributed by atoms with Crippen molar-refractivity contribution in [2.45, 2.75) is 0 Å². The zero-order valence-corrected chi connectivity index (χ0v) is 8.85. The Labute approximate surface area is 89.7 Å². The monoisotopic (exact) mass is 202 g/mol. The topological polar surface area (TPSA) is 43.2 Å². The molecule has 0 bridgehead atoms. The van der Waals surface area contributed by atoms with E-state index in [2.05, 4.69) is 27.9 Å². The molecule has 1 fully saturated rings. The minimum atomic E-state index is 0.717. The van der Waals surface area contributed by atoms with Crippen molar-refractivity contribution >= 4 is 5.69 Å². The van der Waals surface area contributed by atoms with Crippen LogP contribution in [-0.4, -0.2) is 43.1 Å². The summed E-state index contributed by atoms with van der Waals surface area (Å²) in [6.07, 6.45) is 3.45. The Morgan fingerprint density at radius 2 is 2.07 bits per heavy atom. The van der Waals surface area contributed by atoms with E-state index in [1.165, 1.54) is 0 Å². The molecule has 1 saturated heterocycles. The van der Waals surface area contributed by atoms with E-state index < -0.39 is 0 Å². The third kappa shape index (κ3) is 2.08. The zero-order valence-electron chi connectivity index (χ0n) is 8.85. The zero-order chi connectivity index (χ0) is 10.7. The molecule has 0 saturated carbocycles. The lowest BCUT2D eigenvalue weighted by Crippen LogP contribution is -2.44. The van der Waals surface area contributed by atoms with E-state index in [0.29, 0.717) is 0 Å². The van der Waals surface area contributed by atoms with Crippen LogP contribution in [0.15, 0.2) is 18.5 Å². The minimum absolute atomic E-state index is 0.717. The molecule has 0 amide bonds. The van der Waals surface area contributed by atoms with E-state index in [0.717, 1.165) is 37.4 Å². The number of likely N-dealkylation sites (N-methyl/N-ethyl adjacent to an activating group) is 1. The SMILES string of the molecule is CN1CCN(c2cnccc2C#N)CC1. The fourth-order valence-electron chi connectivity index (χ4n) is 1.78. The molecule has 2 rings (SSSR count). The second-order valence-electron chi connectivity index (χ2n) is 3.79. The molecule has 4 nitrogen and oxygen atoms in total. The fourth-order valence-corrected chi connectivity index (χ4v) is 1.78. The van der Waals surface area contributed by atoms with Crippen molar-refractivity contribution < 1.29 is 0 Å². The van der Waals surface area contributed by atoms with E-state index in [1.54, 1.807) is 18.5 Å². The third-order valence-corrected chi connectivity index (χ3v) is 2.76. The molecular formula is C11H14N4. The molecule has 15 heavy (non-hydrogen) atoms. The maximum absolute atomic E-state index is 8.99. The second kappa shape index (κ2) is 4.28. The largest absolute Gasteiger partial charge is 0.367 e. The van der Waals surface area contributed by atoms with Gasteiger partial charge in [-0.05, 0) is 13.1 Å². The van der Waals surface area contributed by atoms with Crippen molar-refractivity contribution in [3.8, 4) is 6.07 Å². The van der Waals surface area contributed by atoms with Gasteiger partial charge in [-0.25, -0.2) is 0 Å². The fraction of sp³-hybridized carbons (Fsp3) is 0.455. The van der Waals surface area contributed by atoms with Crippen LogP contribution in [0.4, 0.5) is 5.69 Å². The smallest absolute Gasteiger partial charge is 0.101 e. The maximum Gasteiger partial charge on any atom is 0.101 e. The van der Waals surface area contributed by atoms with Gasteiger partial charge in [-0.3, -0.25) is 4.98 Å². The summed E-state index contributed by atoms with van der Waals surface area (Å²) in [7, 11) is 2.12. The van der Waals surface area contributed by atoms with Gasteiger partial charge in [0.2, 0.25) is 0 Å². The number of nitriles is 1. The van der Waals surface area contributed by atoms with Crippen LogP contribution in [0.25, 0.3) is 0 Å². The molecule has 1 aromatic heterocycles. The Balaban J connectivity index is 2.19. The molecule has 78 valence electrons. The van der Waals surface area contributed by atoms with Gasteiger partial charge in [0, 0.05) is 32.4 Å². The van der Waals surface area contributed by atoms with Crippen LogP contribution in [0.5, 0.6) is 0 Å². The predicted molar refractivity (Wildman–Crippen MR) is 58.7 cm³/mol. The number of nitrogens with zero attached hydrogens (tertiary/aromatic N) is 4. The number of pyridine rings is 1. The lowest BCUT2D eigenvalue weighted by molar-refractivity contribution is 0.312. The van der Waals surface area contributed by atoms with E-state index in [-0.39, 0.29) is 0 Å². The van der Waals surface area contributed by atoms with Crippen molar-refractivity contribution in [2.24, 2.45) is 0 Å². The number of aromatic nitrogens is 1. The Morgan fingerprint density at radius 1 is 1.33 bits per heavy atom. The summed E-state index contributed by atoms with van der Waals surface area (Å²) in [6.45, 7) is 4.02.